The van der Waals surface area contributed by atoms with Gasteiger partial charge in [-0.15, -0.1) is 10.2 Å². The number of aromatic nitrogens is 3. The van der Waals surface area contributed by atoms with Gasteiger partial charge in [-0.05, 0) is 33.6 Å². The predicted octanol–water partition coefficient (Wildman–Crippen LogP) is 0.257. The lowest BCUT2D eigenvalue weighted by Crippen LogP contribution is -2.57. The number of aryl methyl sites for hydroxylation is 1. The maximum Gasteiger partial charge on any atom is 0.194 e. The summed E-state index contributed by atoms with van der Waals surface area (Å²) >= 11 is 0. The molecular weight excluding hydrogens is 368 g/mol. The third-order valence-electron chi connectivity index (χ3n) is 5.41. The molecule has 3 rings (SSSR count). The third kappa shape index (κ3) is 4.43. The molecule has 0 saturated carbocycles. The lowest BCUT2D eigenvalue weighted by atomic mass is 10.2. The first-order chi connectivity index (χ1) is 12.7. The van der Waals surface area contributed by atoms with E-state index in [-0.39, 0.29) is 11.9 Å². The summed E-state index contributed by atoms with van der Waals surface area (Å²) < 4.78 is 31.5. The fourth-order valence-electron chi connectivity index (χ4n) is 3.34. The number of hydrogen-bond donors (Lipinski definition) is 1. The summed E-state index contributed by atoms with van der Waals surface area (Å²) in [6.07, 6.45) is 2.28. The molecular formula is C17H30N6O3S. The van der Waals surface area contributed by atoms with E-state index in [1.165, 1.54) is 0 Å². The van der Waals surface area contributed by atoms with E-state index in [0.29, 0.717) is 32.1 Å². The molecule has 27 heavy (non-hydrogen) atoms. The molecule has 10 heteroatoms. The van der Waals surface area contributed by atoms with E-state index in [0.717, 1.165) is 31.1 Å². The van der Waals surface area contributed by atoms with Crippen molar-refractivity contribution < 1.29 is 13.2 Å². The molecule has 0 aromatic carbocycles. The van der Waals surface area contributed by atoms with Crippen molar-refractivity contribution in [1.82, 2.24) is 25.0 Å². The monoisotopic (exact) mass is 398 g/mol. The molecule has 9 nitrogen and oxygen atoms in total. The molecule has 1 aromatic rings. The minimum Gasteiger partial charge on any atom is -0.376 e. The topological polar surface area (TPSA) is 102 Å². The Morgan fingerprint density at radius 1 is 1.41 bits per heavy atom. The molecule has 0 spiro atoms. The first-order valence-electron chi connectivity index (χ1n) is 9.42. The van der Waals surface area contributed by atoms with Gasteiger partial charge in [-0.2, -0.15) is 0 Å². The van der Waals surface area contributed by atoms with Crippen molar-refractivity contribution >= 4 is 15.8 Å². The van der Waals surface area contributed by atoms with E-state index < -0.39 is 14.6 Å². The van der Waals surface area contributed by atoms with Crippen LogP contribution in [0.25, 0.3) is 0 Å². The first kappa shape index (κ1) is 20.1. The van der Waals surface area contributed by atoms with Crippen molar-refractivity contribution in [1.29, 1.82) is 0 Å². The second kappa shape index (κ2) is 7.75. The number of rotatable bonds is 4. The summed E-state index contributed by atoms with van der Waals surface area (Å²) in [6, 6.07) is 0. The molecule has 0 aliphatic carbocycles. The van der Waals surface area contributed by atoms with Crippen LogP contribution in [0.1, 0.15) is 38.3 Å². The highest BCUT2D eigenvalue weighted by molar-refractivity contribution is 7.92. The highest BCUT2D eigenvalue weighted by atomic mass is 32.2. The molecule has 2 aliphatic rings. The summed E-state index contributed by atoms with van der Waals surface area (Å²) in [5.41, 5.74) is 0. The van der Waals surface area contributed by atoms with E-state index in [2.05, 4.69) is 15.5 Å². The number of hydrogen-bond acceptors (Lipinski definition) is 6. The largest absolute Gasteiger partial charge is 0.376 e. The Morgan fingerprint density at radius 2 is 2.19 bits per heavy atom. The molecule has 0 bridgehead atoms. The maximum atomic E-state index is 12.3. The van der Waals surface area contributed by atoms with Gasteiger partial charge < -0.3 is 19.5 Å². The first-order valence-corrected chi connectivity index (χ1v) is 11.1. The van der Waals surface area contributed by atoms with Crippen LogP contribution in [-0.2, 0) is 28.2 Å². The van der Waals surface area contributed by atoms with E-state index in [1.807, 2.05) is 23.4 Å². The minimum absolute atomic E-state index is 0.129. The molecule has 2 saturated heterocycles. The van der Waals surface area contributed by atoms with Crippen molar-refractivity contribution in [3.63, 3.8) is 0 Å². The number of nitrogens with one attached hydrogen (secondary N) is 1. The summed E-state index contributed by atoms with van der Waals surface area (Å²) in [5.74, 6) is 2.44. The van der Waals surface area contributed by atoms with Gasteiger partial charge in [0.15, 0.2) is 21.6 Å². The standard InChI is InChI=1S/C17H30N6O3S/c1-13-20-21-15(22(13)4)11-19-16(18-10-14-6-5-8-26-14)23-7-9-27(24,25)17(2,3)12-23/h14H,5-12H2,1-4H3,(H,18,19). The van der Waals surface area contributed by atoms with E-state index in [9.17, 15) is 8.42 Å². The molecule has 1 unspecified atom stereocenters. The lowest BCUT2D eigenvalue weighted by molar-refractivity contribution is 0.113. The van der Waals surface area contributed by atoms with Gasteiger partial charge in [0, 0.05) is 33.3 Å². The second-order valence-electron chi connectivity index (χ2n) is 7.88. The van der Waals surface area contributed by atoms with Gasteiger partial charge in [0.1, 0.15) is 12.4 Å². The summed E-state index contributed by atoms with van der Waals surface area (Å²) in [4.78, 5) is 6.75. The number of guanidine groups is 1. The zero-order valence-electron chi connectivity index (χ0n) is 16.6. The van der Waals surface area contributed by atoms with E-state index in [4.69, 9.17) is 9.73 Å². The molecule has 152 valence electrons. The Kier molecular flexibility index (Phi) is 5.76. The number of ether oxygens (including phenoxy) is 1. The van der Waals surface area contributed by atoms with Gasteiger partial charge >= 0.3 is 0 Å². The normalized spacial score (nSPS) is 25.0. The van der Waals surface area contributed by atoms with Crippen molar-refractivity contribution in [2.75, 3.05) is 32.0 Å². The Morgan fingerprint density at radius 3 is 2.78 bits per heavy atom. The Bertz CT molecular complexity index is 796. The van der Waals surface area contributed by atoms with Gasteiger partial charge in [-0.25, -0.2) is 13.4 Å². The van der Waals surface area contributed by atoms with Gasteiger partial charge in [0.25, 0.3) is 0 Å². The molecule has 2 aliphatic heterocycles. The number of aliphatic imine (C=N–C) groups is 1. The van der Waals surface area contributed by atoms with Crippen LogP contribution in [0.4, 0.5) is 0 Å². The maximum absolute atomic E-state index is 12.3. The smallest absolute Gasteiger partial charge is 0.194 e. The highest BCUT2D eigenvalue weighted by Crippen LogP contribution is 2.24. The Hall–Kier alpha value is -1.68. The van der Waals surface area contributed by atoms with Crippen LogP contribution in [0.15, 0.2) is 4.99 Å². The van der Waals surface area contributed by atoms with Crippen molar-refractivity contribution in [3.05, 3.63) is 11.6 Å². The van der Waals surface area contributed by atoms with Crippen LogP contribution < -0.4 is 5.32 Å². The SMILES string of the molecule is Cc1nnc(CN=C(NCC2CCCO2)N2CCS(=O)(=O)C(C)(C)C2)n1C. The van der Waals surface area contributed by atoms with E-state index in [1.54, 1.807) is 13.8 Å². The zero-order chi connectivity index (χ0) is 19.7. The van der Waals surface area contributed by atoms with Gasteiger partial charge in [0.2, 0.25) is 0 Å². The predicted molar refractivity (Wildman–Crippen MR) is 103 cm³/mol. The van der Waals surface area contributed by atoms with Crippen molar-refractivity contribution in [2.24, 2.45) is 12.0 Å². The fourth-order valence-corrected chi connectivity index (χ4v) is 4.70. The summed E-state index contributed by atoms with van der Waals surface area (Å²) in [6.45, 7) is 8.14. The quantitative estimate of drug-likeness (QED) is 0.573. The van der Waals surface area contributed by atoms with Crippen LogP contribution in [0.2, 0.25) is 0 Å². The average Bonchev–Trinajstić information content (AvgIpc) is 3.22. The minimum atomic E-state index is -3.10. The fraction of sp³-hybridized carbons (Fsp3) is 0.824. The van der Waals surface area contributed by atoms with Crippen LogP contribution in [0.3, 0.4) is 0 Å². The van der Waals surface area contributed by atoms with Crippen LogP contribution in [-0.4, -0.2) is 76.9 Å². The van der Waals surface area contributed by atoms with Crippen molar-refractivity contribution in [3.8, 4) is 0 Å². The molecule has 3 heterocycles. The van der Waals surface area contributed by atoms with Gasteiger partial charge in [-0.1, -0.05) is 0 Å². The van der Waals surface area contributed by atoms with Crippen molar-refractivity contribution in [2.45, 2.75) is 51.0 Å². The summed E-state index contributed by atoms with van der Waals surface area (Å²) in [7, 11) is -1.19. The second-order valence-corrected chi connectivity index (χ2v) is 10.6. The Balaban J connectivity index is 1.76. The average molecular weight is 399 g/mol. The van der Waals surface area contributed by atoms with Crippen LogP contribution >= 0.6 is 0 Å². The zero-order valence-corrected chi connectivity index (χ0v) is 17.4. The van der Waals surface area contributed by atoms with Crippen LogP contribution in [0.5, 0.6) is 0 Å². The van der Waals surface area contributed by atoms with Gasteiger partial charge in [0.05, 0.1) is 16.6 Å². The third-order valence-corrected chi connectivity index (χ3v) is 7.94. The molecule has 2 fully saturated rings. The molecule has 0 amide bonds. The lowest BCUT2D eigenvalue weighted by Gasteiger charge is -2.39. The summed E-state index contributed by atoms with van der Waals surface area (Å²) in [5, 5.41) is 11.6. The highest BCUT2D eigenvalue weighted by Gasteiger charge is 2.41. The van der Waals surface area contributed by atoms with E-state index >= 15 is 0 Å². The number of sulfone groups is 1. The Labute approximate surface area is 161 Å². The van der Waals surface area contributed by atoms with Gasteiger partial charge in [-0.3, -0.25) is 0 Å². The molecule has 0 radical (unpaired) electrons. The molecule has 1 atom stereocenters. The molecule has 1 N–H and O–H groups in total. The molecule has 1 aromatic heterocycles. The van der Waals surface area contributed by atoms with Crippen LogP contribution in [0, 0.1) is 6.92 Å². The number of nitrogens with zero attached hydrogens (tertiary/aromatic N) is 5.